The summed E-state index contributed by atoms with van der Waals surface area (Å²) >= 11 is 0. The van der Waals surface area contributed by atoms with Crippen LogP contribution in [0.1, 0.15) is 24.2 Å². The number of carbonyl (C=O) groups excluding carboxylic acids is 2. The summed E-state index contributed by atoms with van der Waals surface area (Å²) < 4.78 is 11.0. The molecule has 130 valence electrons. The van der Waals surface area contributed by atoms with E-state index in [-0.39, 0.29) is 11.8 Å². The molecular weight excluding hydrogens is 320 g/mol. The molecule has 0 bridgehead atoms. The van der Waals surface area contributed by atoms with Crippen LogP contribution in [-0.4, -0.2) is 31.6 Å². The number of fused-ring (bicyclic) bond motifs is 1. The van der Waals surface area contributed by atoms with Gasteiger partial charge in [0, 0.05) is 18.3 Å². The maximum Gasteiger partial charge on any atom is 0.267 e. The van der Waals surface area contributed by atoms with Crippen LogP contribution in [0.4, 0.5) is 11.4 Å². The van der Waals surface area contributed by atoms with Crippen molar-refractivity contribution in [1.82, 2.24) is 0 Å². The van der Waals surface area contributed by atoms with E-state index in [4.69, 9.17) is 9.47 Å². The van der Waals surface area contributed by atoms with Gasteiger partial charge in [-0.2, -0.15) is 0 Å². The van der Waals surface area contributed by atoms with E-state index in [9.17, 15) is 9.59 Å². The minimum absolute atomic E-state index is 0.125. The van der Waals surface area contributed by atoms with Gasteiger partial charge < -0.3 is 19.7 Å². The fraction of sp³-hybridized carbons (Fsp3) is 0.263. The molecule has 2 amide bonds. The first kappa shape index (κ1) is 16.8. The lowest BCUT2D eigenvalue weighted by Gasteiger charge is -2.30. The number of hydrogen-bond acceptors (Lipinski definition) is 4. The molecule has 25 heavy (non-hydrogen) atoms. The molecule has 0 spiro atoms. The average molecular weight is 340 g/mol. The van der Waals surface area contributed by atoms with Crippen LogP contribution in [0.15, 0.2) is 42.5 Å². The van der Waals surface area contributed by atoms with Crippen LogP contribution in [0.5, 0.6) is 11.5 Å². The van der Waals surface area contributed by atoms with E-state index < -0.39 is 6.10 Å². The van der Waals surface area contributed by atoms with Crippen LogP contribution in [0.3, 0.4) is 0 Å². The second-order valence-corrected chi connectivity index (χ2v) is 5.75. The van der Waals surface area contributed by atoms with E-state index in [0.717, 1.165) is 0 Å². The second-order valence-electron chi connectivity index (χ2n) is 5.75. The van der Waals surface area contributed by atoms with Crippen molar-refractivity contribution in [3.8, 4) is 11.5 Å². The number of carbonyl (C=O) groups is 2. The predicted molar refractivity (Wildman–Crippen MR) is 95.5 cm³/mol. The zero-order valence-corrected chi connectivity index (χ0v) is 14.4. The molecule has 0 saturated heterocycles. The summed E-state index contributed by atoms with van der Waals surface area (Å²) in [5.41, 5.74) is 1.71. The first-order valence-electron chi connectivity index (χ1n) is 8.12. The Labute approximate surface area is 146 Å². The highest BCUT2D eigenvalue weighted by atomic mass is 16.5. The Bertz CT molecular complexity index is 819. The summed E-state index contributed by atoms with van der Waals surface area (Å²) in [7, 11) is 1.69. The third-order valence-electron chi connectivity index (χ3n) is 3.97. The Morgan fingerprint density at radius 2 is 2.08 bits per heavy atom. The summed E-state index contributed by atoms with van der Waals surface area (Å²) in [5, 5.41) is 2.84. The number of ether oxygens (including phenoxy) is 2. The van der Waals surface area contributed by atoms with Gasteiger partial charge in [0.05, 0.1) is 12.3 Å². The number of benzene rings is 2. The number of anilines is 2. The Morgan fingerprint density at radius 3 is 2.84 bits per heavy atom. The molecule has 0 aromatic heterocycles. The molecule has 3 rings (SSSR count). The van der Waals surface area contributed by atoms with E-state index in [2.05, 4.69) is 5.32 Å². The van der Waals surface area contributed by atoms with Gasteiger partial charge in [-0.05, 0) is 50.2 Å². The van der Waals surface area contributed by atoms with Crippen molar-refractivity contribution in [3.63, 3.8) is 0 Å². The molecule has 0 radical (unpaired) electrons. The van der Waals surface area contributed by atoms with Gasteiger partial charge in [0.1, 0.15) is 11.5 Å². The van der Waals surface area contributed by atoms with Crippen molar-refractivity contribution in [2.24, 2.45) is 0 Å². The molecule has 0 saturated carbocycles. The second kappa shape index (κ2) is 6.84. The van der Waals surface area contributed by atoms with E-state index in [1.807, 2.05) is 6.92 Å². The number of hydrogen-bond donors (Lipinski definition) is 1. The van der Waals surface area contributed by atoms with Crippen LogP contribution >= 0.6 is 0 Å². The third-order valence-corrected chi connectivity index (χ3v) is 3.97. The molecule has 1 unspecified atom stereocenters. The SMILES string of the molecule is CCOc1cccc(C(=O)Nc2ccc3c(c2)N(C)C(=O)C(C)O3)c1. The van der Waals surface area contributed by atoms with E-state index in [0.29, 0.717) is 35.0 Å². The smallest absolute Gasteiger partial charge is 0.267 e. The molecule has 6 heteroatoms. The Hall–Kier alpha value is -3.02. The first-order chi connectivity index (χ1) is 12.0. The molecule has 6 nitrogen and oxygen atoms in total. The molecular formula is C19H20N2O4. The van der Waals surface area contributed by atoms with E-state index >= 15 is 0 Å². The Kier molecular flexibility index (Phi) is 4.61. The Morgan fingerprint density at radius 1 is 1.28 bits per heavy atom. The van der Waals surface area contributed by atoms with E-state index in [1.54, 1.807) is 56.4 Å². The van der Waals surface area contributed by atoms with E-state index in [1.165, 1.54) is 4.90 Å². The fourth-order valence-corrected chi connectivity index (χ4v) is 2.69. The van der Waals surface area contributed by atoms with Crippen LogP contribution in [0.25, 0.3) is 0 Å². The quantitative estimate of drug-likeness (QED) is 0.929. The van der Waals surface area contributed by atoms with Crippen LogP contribution < -0.4 is 19.7 Å². The molecule has 2 aromatic rings. The van der Waals surface area contributed by atoms with Gasteiger partial charge in [-0.3, -0.25) is 9.59 Å². The lowest BCUT2D eigenvalue weighted by Crippen LogP contribution is -2.41. The number of rotatable bonds is 4. The minimum atomic E-state index is -0.515. The molecule has 1 N–H and O–H groups in total. The van der Waals surface area contributed by atoms with Crippen molar-refractivity contribution >= 4 is 23.2 Å². The van der Waals surface area contributed by atoms with Crippen molar-refractivity contribution in [2.45, 2.75) is 20.0 Å². The van der Waals surface area contributed by atoms with Gasteiger partial charge in [-0.1, -0.05) is 6.07 Å². The standard InChI is InChI=1S/C19H20N2O4/c1-4-24-15-7-5-6-13(10-15)18(22)20-14-8-9-17-16(11-14)21(3)19(23)12(2)25-17/h5-12H,4H2,1-3H3,(H,20,22). The zero-order valence-electron chi connectivity index (χ0n) is 14.4. The van der Waals surface area contributed by atoms with Gasteiger partial charge in [-0.15, -0.1) is 0 Å². The van der Waals surface area contributed by atoms with Gasteiger partial charge in [-0.25, -0.2) is 0 Å². The minimum Gasteiger partial charge on any atom is -0.494 e. The molecule has 1 aliphatic rings. The molecule has 1 atom stereocenters. The van der Waals surface area contributed by atoms with Crippen molar-refractivity contribution < 1.29 is 19.1 Å². The van der Waals surface area contributed by atoms with Crippen LogP contribution in [-0.2, 0) is 4.79 Å². The molecule has 0 fully saturated rings. The van der Waals surface area contributed by atoms with Crippen molar-refractivity contribution in [1.29, 1.82) is 0 Å². The Balaban J connectivity index is 1.81. The van der Waals surface area contributed by atoms with Gasteiger partial charge in [0.25, 0.3) is 11.8 Å². The summed E-state index contributed by atoms with van der Waals surface area (Å²) in [4.78, 5) is 26.0. The number of likely N-dealkylation sites (N-methyl/N-ethyl adjacent to an activating group) is 1. The largest absolute Gasteiger partial charge is 0.494 e. The molecule has 1 heterocycles. The third kappa shape index (κ3) is 3.42. The fourth-order valence-electron chi connectivity index (χ4n) is 2.69. The normalized spacial score (nSPS) is 16.0. The maximum atomic E-state index is 12.5. The summed E-state index contributed by atoms with van der Waals surface area (Å²) in [5.74, 6) is 0.889. The van der Waals surface area contributed by atoms with Crippen molar-refractivity contribution in [3.05, 3.63) is 48.0 Å². The van der Waals surface area contributed by atoms with Crippen LogP contribution in [0.2, 0.25) is 0 Å². The summed E-state index contributed by atoms with van der Waals surface area (Å²) in [6.45, 7) is 4.14. The number of amides is 2. The van der Waals surface area contributed by atoms with Gasteiger partial charge in [0.2, 0.25) is 0 Å². The van der Waals surface area contributed by atoms with Gasteiger partial charge in [0.15, 0.2) is 6.10 Å². The topological polar surface area (TPSA) is 67.9 Å². The average Bonchev–Trinajstić information content (AvgIpc) is 2.61. The highest BCUT2D eigenvalue weighted by Crippen LogP contribution is 2.35. The highest BCUT2D eigenvalue weighted by molar-refractivity contribution is 6.05. The lowest BCUT2D eigenvalue weighted by molar-refractivity contribution is -0.125. The molecule has 2 aromatic carbocycles. The monoisotopic (exact) mass is 340 g/mol. The summed E-state index contributed by atoms with van der Waals surface area (Å²) in [6, 6.07) is 12.2. The molecule has 0 aliphatic carbocycles. The highest BCUT2D eigenvalue weighted by Gasteiger charge is 2.29. The molecule has 1 aliphatic heterocycles. The predicted octanol–water partition coefficient (Wildman–Crippen LogP) is 3.08. The first-order valence-corrected chi connectivity index (χ1v) is 8.12. The lowest BCUT2D eigenvalue weighted by atomic mass is 10.1. The van der Waals surface area contributed by atoms with Crippen molar-refractivity contribution in [2.75, 3.05) is 23.9 Å². The number of nitrogens with zero attached hydrogens (tertiary/aromatic N) is 1. The summed E-state index contributed by atoms with van der Waals surface area (Å²) in [6.07, 6.45) is -0.515. The maximum absolute atomic E-state index is 12.5. The number of nitrogens with one attached hydrogen (secondary N) is 1. The van der Waals surface area contributed by atoms with Gasteiger partial charge >= 0.3 is 0 Å². The van der Waals surface area contributed by atoms with Crippen LogP contribution in [0, 0.1) is 0 Å². The zero-order chi connectivity index (χ0) is 18.0.